The van der Waals surface area contributed by atoms with E-state index in [-0.39, 0.29) is 0 Å². The molecule has 0 fully saturated rings. The summed E-state index contributed by atoms with van der Waals surface area (Å²) >= 11 is 13.0. The van der Waals surface area contributed by atoms with Gasteiger partial charge in [0, 0.05) is 44.1 Å². The van der Waals surface area contributed by atoms with Crippen LogP contribution in [0.2, 0.25) is 10.0 Å². The summed E-state index contributed by atoms with van der Waals surface area (Å²) in [5.41, 5.74) is 7.07. The Morgan fingerprint density at radius 1 is 0.897 bits per heavy atom. The van der Waals surface area contributed by atoms with Gasteiger partial charge in [0.25, 0.3) is 0 Å². The van der Waals surface area contributed by atoms with Crippen molar-refractivity contribution in [3.8, 4) is 11.1 Å². The van der Waals surface area contributed by atoms with Crippen molar-refractivity contribution < 1.29 is 4.90 Å². The number of nitrogens with one attached hydrogen (secondary N) is 1. The molecule has 2 heterocycles. The molecule has 1 aromatic heterocycles. The molecule has 0 spiro atoms. The summed E-state index contributed by atoms with van der Waals surface area (Å²) in [5.74, 6) is 0. The van der Waals surface area contributed by atoms with Gasteiger partial charge in [-0.3, -0.25) is 4.98 Å². The van der Waals surface area contributed by atoms with Crippen LogP contribution in [0.1, 0.15) is 16.8 Å². The van der Waals surface area contributed by atoms with Crippen molar-refractivity contribution in [3.63, 3.8) is 0 Å². The number of pyridine rings is 1. The molecule has 0 aliphatic carbocycles. The summed E-state index contributed by atoms with van der Waals surface area (Å²) in [6.45, 7) is 3.02. The lowest BCUT2D eigenvalue weighted by atomic mass is 9.91. The van der Waals surface area contributed by atoms with E-state index in [0.717, 1.165) is 52.6 Å². The van der Waals surface area contributed by atoms with E-state index in [1.54, 1.807) is 4.90 Å². The van der Waals surface area contributed by atoms with Gasteiger partial charge in [0.1, 0.15) is 13.1 Å². The van der Waals surface area contributed by atoms with E-state index in [1.807, 2.05) is 36.4 Å². The molecule has 0 bridgehead atoms. The van der Waals surface area contributed by atoms with E-state index in [0.29, 0.717) is 0 Å². The Hall–Kier alpha value is -2.39. The van der Waals surface area contributed by atoms with Crippen LogP contribution < -0.4 is 4.90 Å². The first-order chi connectivity index (χ1) is 14.2. The first-order valence-corrected chi connectivity index (χ1v) is 10.7. The molecule has 1 atom stereocenters. The van der Waals surface area contributed by atoms with Crippen molar-refractivity contribution in [2.45, 2.75) is 19.5 Å². The van der Waals surface area contributed by atoms with Gasteiger partial charge in [-0.1, -0.05) is 71.7 Å². The summed E-state index contributed by atoms with van der Waals surface area (Å²) < 4.78 is 0. The molecule has 144 valence electrons. The van der Waals surface area contributed by atoms with Crippen molar-refractivity contribution >= 4 is 34.1 Å². The molecular formula is C25H21Cl2N2+. The molecule has 5 rings (SSSR count). The van der Waals surface area contributed by atoms with E-state index >= 15 is 0 Å². The van der Waals surface area contributed by atoms with Crippen LogP contribution in [0.5, 0.6) is 0 Å². The topological polar surface area (TPSA) is 17.3 Å². The average molecular weight is 420 g/mol. The van der Waals surface area contributed by atoms with Crippen molar-refractivity contribution in [1.29, 1.82) is 0 Å². The van der Waals surface area contributed by atoms with Crippen LogP contribution in [0.3, 0.4) is 0 Å². The molecule has 0 radical (unpaired) electrons. The van der Waals surface area contributed by atoms with E-state index in [2.05, 4.69) is 36.4 Å². The van der Waals surface area contributed by atoms with Crippen LogP contribution in [0.15, 0.2) is 72.8 Å². The average Bonchev–Trinajstić information content (AvgIpc) is 2.74. The number of benzene rings is 3. The zero-order chi connectivity index (χ0) is 19.8. The Kier molecular flexibility index (Phi) is 5.01. The maximum absolute atomic E-state index is 6.65. The van der Waals surface area contributed by atoms with Crippen LogP contribution in [-0.2, 0) is 19.5 Å². The lowest BCUT2D eigenvalue weighted by Gasteiger charge is -2.28. The summed E-state index contributed by atoms with van der Waals surface area (Å²) in [7, 11) is 0. The molecular weight excluding hydrogens is 399 g/mol. The van der Waals surface area contributed by atoms with E-state index in [9.17, 15) is 0 Å². The first-order valence-electron chi connectivity index (χ1n) is 9.92. The highest BCUT2D eigenvalue weighted by Gasteiger charge is 2.26. The second-order valence-corrected chi connectivity index (χ2v) is 8.49. The summed E-state index contributed by atoms with van der Waals surface area (Å²) in [5, 5.41) is 2.56. The fourth-order valence-corrected chi connectivity index (χ4v) is 4.77. The van der Waals surface area contributed by atoms with Gasteiger partial charge in [-0.2, -0.15) is 0 Å². The lowest BCUT2D eigenvalue weighted by molar-refractivity contribution is -0.929. The first kappa shape index (κ1) is 18.6. The third kappa shape index (κ3) is 3.64. The van der Waals surface area contributed by atoms with Crippen LogP contribution in [0.4, 0.5) is 0 Å². The van der Waals surface area contributed by atoms with Gasteiger partial charge in [0.15, 0.2) is 0 Å². The van der Waals surface area contributed by atoms with Gasteiger partial charge in [-0.15, -0.1) is 0 Å². The Balaban J connectivity index is 1.66. The lowest BCUT2D eigenvalue weighted by Crippen LogP contribution is -3.10. The summed E-state index contributed by atoms with van der Waals surface area (Å²) in [6, 6.07) is 24.7. The van der Waals surface area contributed by atoms with Gasteiger partial charge in [0.2, 0.25) is 0 Å². The number of fused-ring (bicyclic) bond motifs is 2. The van der Waals surface area contributed by atoms with Gasteiger partial charge >= 0.3 is 0 Å². The Bertz CT molecular complexity index is 1190. The third-order valence-electron chi connectivity index (χ3n) is 5.72. The number of nitrogens with zero attached hydrogens (tertiary/aromatic N) is 1. The van der Waals surface area contributed by atoms with Crippen LogP contribution in [0.25, 0.3) is 22.0 Å². The molecule has 0 amide bonds. The predicted octanol–water partition coefficient (Wildman–Crippen LogP) is 5.35. The molecule has 1 N–H and O–H groups in total. The van der Waals surface area contributed by atoms with Crippen LogP contribution in [-0.4, -0.2) is 11.5 Å². The Morgan fingerprint density at radius 2 is 1.69 bits per heavy atom. The highest BCUT2D eigenvalue weighted by atomic mass is 35.5. The Labute approximate surface area is 180 Å². The zero-order valence-corrected chi connectivity index (χ0v) is 17.5. The van der Waals surface area contributed by atoms with E-state index in [1.165, 1.54) is 22.4 Å². The van der Waals surface area contributed by atoms with E-state index < -0.39 is 0 Å². The smallest absolute Gasteiger partial charge is 0.105 e. The van der Waals surface area contributed by atoms with Crippen LogP contribution in [0, 0.1) is 0 Å². The van der Waals surface area contributed by atoms with Crippen molar-refractivity contribution in [3.05, 3.63) is 99.7 Å². The maximum atomic E-state index is 6.65. The molecule has 4 aromatic rings. The van der Waals surface area contributed by atoms with Crippen molar-refractivity contribution in [2.24, 2.45) is 0 Å². The highest BCUT2D eigenvalue weighted by Crippen LogP contribution is 2.38. The van der Waals surface area contributed by atoms with Gasteiger partial charge < -0.3 is 4.90 Å². The van der Waals surface area contributed by atoms with Gasteiger partial charge in [-0.25, -0.2) is 0 Å². The predicted molar refractivity (Wildman–Crippen MR) is 121 cm³/mol. The monoisotopic (exact) mass is 419 g/mol. The fourth-order valence-electron chi connectivity index (χ4n) is 4.36. The molecule has 4 heteroatoms. The highest BCUT2D eigenvalue weighted by molar-refractivity contribution is 6.34. The minimum atomic E-state index is 0.719. The largest absolute Gasteiger partial charge is 0.327 e. The van der Waals surface area contributed by atoms with Gasteiger partial charge in [-0.05, 0) is 24.3 Å². The number of hydrogen-bond acceptors (Lipinski definition) is 1. The number of hydrogen-bond donors (Lipinski definition) is 1. The van der Waals surface area contributed by atoms with E-state index in [4.69, 9.17) is 28.2 Å². The summed E-state index contributed by atoms with van der Waals surface area (Å²) in [4.78, 5) is 6.54. The number of aromatic nitrogens is 1. The molecule has 29 heavy (non-hydrogen) atoms. The minimum absolute atomic E-state index is 0.719. The molecule has 1 aliphatic rings. The zero-order valence-electron chi connectivity index (χ0n) is 16.0. The standard InChI is InChI=1S/C25H20Cl2N2/c26-18-10-11-23-20(14-18)25(19-8-4-5-9-22(19)27)21-16-29(13-12-24(21)28-23)15-17-6-2-1-3-7-17/h1-11,14H,12-13,15-16H2/p+1. The normalized spacial score (nSPS) is 16.0. The molecule has 1 aliphatic heterocycles. The Morgan fingerprint density at radius 3 is 2.52 bits per heavy atom. The van der Waals surface area contributed by atoms with Gasteiger partial charge in [0.05, 0.1) is 17.8 Å². The second kappa shape index (κ2) is 7.79. The molecule has 0 saturated heterocycles. The number of rotatable bonds is 3. The fraction of sp³-hybridized carbons (Fsp3) is 0.160. The molecule has 2 nitrogen and oxygen atoms in total. The minimum Gasteiger partial charge on any atom is -0.327 e. The quantitative estimate of drug-likeness (QED) is 0.473. The molecule has 1 unspecified atom stereocenters. The molecule has 3 aromatic carbocycles. The SMILES string of the molecule is Clc1ccc2nc3c(c(-c4ccccc4Cl)c2c1)C[NH+](Cc1ccccc1)CC3. The second-order valence-electron chi connectivity index (χ2n) is 7.64. The van der Waals surface area contributed by atoms with Crippen molar-refractivity contribution in [2.75, 3.05) is 6.54 Å². The maximum Gasteiger partial charge on any atom is 0.105 e. The number of quaternary nitrogens is 1. The number of halogens is 2. The summed E-state index contributed by atoms with van der Waals surface area (Å²) in [6.07, 6.45) is 0.966. The third-order valence-corrected chi connectivity index (χ3v) is 6.28. The molecule has 0 saturated carbocycles. The van der Waals surface area contributed by atoms with Crippen molar-refractivity contribution in [1.82, 2.24) is 4.98 Å². The van der Waals surface area contributed by atoms with Crippen LogP contribution >= 0.6 is 23.2 Å².